The van der Waals surface area contributed by atoms with Crippen molar-refractivity contribution in [1.82, 2.24) is 19.5 Å². The smallest absolute Gasteiger partial charge is 0.224 e. The van der Waals surface area contributed by atoms with Gasteiger partial charge in [-0.25, -0.2) is 0 Å². The van der Waals surface area contributed by atoms with Crippen LogP contribution in [0.1, 0.15) is 101 Å². The van der Waals surface area contributed by atoms with E-state index < -0.39 is 0 Å². The zero-order valence-corrected chi connectivity index (χ0v) is 28.0. The molecule has 0 saturated heterocycles. The minimum Gasteiger partial charge on any atom is -0.492 e. The number of nitrogens with one attached hydrogen (secondary N) is 1. The Labute approximate surface area is 267 Å². The Morgan fingerprint density at radius 1 is 1.04 bits per heavy atom. The Morgan fingerprint density at radius 2 is 1.78 bits per heavy atom. The summed E-state index contributed by atoms with van der Waals surface area (Å²) in [4.78, 5) is 15.2. The number of aromatic nitrogens is 3. The second-order valence-electron chi connectivity index (χ2n) is 13.9. The third-order valence-electron chi connectivity index (χ3n) is 9.30. The molecule has 0 saturated carbocycles. The molecule has 3 N–H and O–H groups in total. The Morgan fingerprint density at radius 3 is 2.47 bits per heavy atom. The summed E-state index contributed by atoms with van der Waals surface area (Å²) in [6.45, 7) is 10.6. The highest BCUT2D eigenvalue weighted by Crippen LogP contribution is 2.42. The van der Waals surface area contributed by atoms with E-state index in [1.807, 2.05) is 49.0 Å². The number of carbonyl (C=O) groups excluding carboxylic acids is 1. The van der Waals surface area contributed by atoms with Crippen molar-refractivity contribution in [3.8, 4) is 11.5 Å². The first-order chi connectivity index (χ1) is 21.3. The Bertz CT molecular complexity index is 1670. The van der Waals surface area contributed by atoms with Gasteiger partial charge in [-0.3, -0.25) is 14.1 Å². The van der Waals surface area contributed by atoms with Crippen LogP contribution in [0, 0.1) is 0 Å². The molecule has 1 aliphatic rings. The molecular formula is C36H48N6O3. The van der Waals surface area contributed by atoms with Gasteiger partial charge in [0.05, 0.1) is 30.2 Å². The molecule has 1 aliphatic carbocycles. The van der Waals surface area contributed by atoms with Crippen LogP contribution in [0.2, 0.25) is 0 Å². The van der Waals surface area contributed by atoms with Crippen LogP contribution in [0.5, 0.6) is 11.5 Å². The summed E-state index contributed by atoms with van der Waals surface area (Å²) in [6, 6.07) is 16.4. The molecule has 0 spiro atoms. The van der Waals surface area contributed by atoms with Crippen LogP contribution < -0.4 is 20.5 Å². The molecule has 2 aromatic heterocycles. The molecule has 0 aliphatic heterocycles. The molecule has 0 unspecified atom stereocenters. The highest BCUT2D eigenvalue weighted by molar-refractivity contribution is 5.93. The summed E-state index contributed by atoms with van der Waals surface area (Å²) in [6.07, 6.45) is 5.98. The van der Waals surface area contributed by atoms with Gasteiger partial charge in [0.2, 0.25) is 5.91 Å². The zero-order valence-electron chi connectivity index (χ0n) is 28.0. The molecule has 0 bridgehead atoms. The molecule has 0 fully saturated rings. The molecule has 2 aromatic carbocycles. The van der Waals surface area contributed by atoms with E-state index in [2.05, 4.69) is 79.3 Å². The fourth-order valence-electron chi connectivity index (χ4n) is 6.11. The predicted octanol–water partition coefficient (Wildman–Crippen LogP) is 7.22. The SMILES string of the molecule is COc1c(N)cc(C(C)(C)C)cc1NC(=O)CCC[C@H]1CC[C@@H](Oc2ccc3nnc(C(C)(C)N(C)C)n3c2)c2ccccc21. The van der Waals surface area contributed by atoms with Gasteiger partial charge in [-0.2, -0.15) is 0 Å². The van der Waals surface area contributed by atoms with Gasteiger partial charge in [0.1, 0.15) is 11.9 Å². The van der Waals surface area contributed by atoms with E-state index in [4.69, 9.17) is 15.2 Å². The lowest BCUT2D eigenvalue weighted by molar-refractivity contribution is -0.116. The largest absolute Gasteiger partial charge is 0.492 e. The predicted molar refractivity (Wildman–Crippen MR) is 180 cm³/mol. The minimum atomic E-state index is -0.296. The second kappa shape index (κ2) is 12.7. The van der Waals surface area contributed by atoms with Gasteiger partial charge >= 0.3 is 0 Å². The van der Waals surface area contributed by atoms with E-state index in [1.165, 1.54) is 11.1 Å². The topological polar surface area (TPSA) is 107 Å². The number of hydrogen-bond donors (Lipinski definition) is 2. The molecule has 5 rings (SSSR count). The number of nitrogens with zero attached hydrogens (tertiary/aromatic N) is 4. The molecule has 2 heterocycles. The first kappa shape index (κ1) is 32.3. The van der Waals surface area contributed by atoms with E-state index in [0.717, 1.165) is 48.5 Å². The molecule has 9 heteroatoms. The number of nitrogen functional groups attached to an aromatic ring is 1. The molecule has 45 heavy (non-hydrogen) atoms. The monoisotopic (exact) mass is 612 g/mol. The standard InChI is InChI=1S/C36H48N6O3/c1-35(2,3)24-20-28(37)33(44-8)29(21-24)38-32(43)15-11-12-23-16-18-30(27-14-10-9-13-26(23)27)45-25-17-19-31-39-40-34(42(31)22-25)36(4,5)41(6)7/h9-10,13-14,17,19-23,30H,11-12,15-16,18,37H2,1-8H3,(H,38,43)/t23-,30+/m0/s1. The van der Waals surface area contributed by atoms with Crippen molar-refractivity contribution < 1.29 is 14.3 Å². The summed E-state index contributed by atoms with van der Waals surface area (Å²) < 4.78 is 14.2. The highest BCUT2D eigenvalue weighted by atomic mass is 16.5. The Hall–Kier alpha value is -4.11. The quantitative estimate of drug-likeness (QED) is 0.182. The van der Waals surface area contributed by atoms with Gasteiger partial charge in [0.25, 0.3) is 0 Å². The number of carbonyl (C=O) groups is 1. The van der Waals surface area contributed by atoms with Gasteiger partial charge in [0, 0.05) is 6.42 Å². The summed E-state index contributed by atoms with van der Waals surface area (Å²) in [5.41, 5.74) is 11.4. The molecule has 9 nitrogen and oxygen atoms in total. The van der Waals surface area contributed by atoms with Gasteiger partial charge in [-0.05, 0) is 106 Å². The van der Waals surface area contributed by atoms with E-state index in [9.17, 15) is 4.79 Å². The molecule has 0 radical (unpaired) electrons. The number of benzene rings is 2. The molecule has 240 valence electrons. The van der Waals surface area contributed by atoms with E-state index in [-0.39, 0.29) is 23.0 Å². The fourth-order valence-corrected chi connectivity index (χ4v) is 6.11. The number of ether oxygens (including phenoxy) is 2. The Balaban J connectivity index is 1.25. The van der Waals surface area contributed by atoms with Gasteiger partial charge in [-0.1, -0.05) is 45.0 Å². The van der Waals surface area contributed by atoms with Crippen molar-refractivity contribution in [3.63, 3.8) is 0 Å². The summed E-state index contributed by atoms with van der Waals surface area (Å²) >= 11 is 0. The van der Waals surface area contributed by atoms with Crippen molar-refractivity contribution >= 4 is 22.9 Å². The van der Waals surface area contributed by atoms with Crippen molar-refractivity contribution in [2.24, 2.45) is 0 Å². The number of rotatable bonds is 10. The summed E-state index contributed by atoms with van der Waals surface area (Å²) in [7, 11) is 5.66. The lowest BCUT2D eigenvalue weighted by Gasteiger charge is -2.32. The summed E-state index contributed by atoms with van der Waals surface area (Å²) in [5.74, 6) is 2.50. The Kier molecular flexibility index (Phi) is 9.12. The number of hydrogen-bond acceptors (Lipinski definition) is 7. The third kappa shape index (κ3) is 6.78. The number of amides is 1. The molecular weight excluding hydrogens is 564 g/mol. The average Bonchev–Trinajstić information content (AvgIpc) is 3.42. The maximum Gasteiger partial charge on any atom is 0.224 e. The molecule has 1 amide bonds. The lowest BCUT2D eigenvalue weighted by Crippen LogP contribution is -2.37. The first-order valence-corrected chi connectivity index (χ1v) is 15.9. The van der Waals surface area contributed by atoms with Crippen LogP contribution in [0.15, 0.2) is 54.7 Å². The van der Waals surface area contributed by atoms with Crippen LogP contribution in [-0.4, -0.2) is 46.6 Å². The van der Waals surface area contributed by atoms with Crippen LogP contribution >= 0.6 is 0 Å². The number of nitrogens with two attached hydrogens (primary N) is 1. The van der Waals surface area contributed by atoms with Crippen LogP contribution in [0.4, 0.5) is 11.4 Å². The average molecular weight is 613 g/mol. The van der Waals surface area contributed by atoms with E-state index in [1.54, 1.807) is 7.11 Å². The number of pyridine rings is 1. The maximum absolute atomic E-state index is 13.1. The van der Waals surface area contributed by atoms with Crippen molar-refractivity contribution in [2.75, 3.05) is 32.3 Å². The normalized spacial score (nSPS) is 16.9. The molecule has 2 atom stereocenters. The number of anilines is 2. The van der Waals surface area contributed by atoms with Crippen LogP contribution in [0.25, 0.3) is 5.65 Å². The third-order valence-corrected chi connectivity index (χ3v) is 9.30. The second-order valence-corrected chi connectivity index (χ2v) is 13.9. The van der Waals surface area contributed by atoms with Crippen molar-refractivity contribution in [1.29, 1.82) is 0 Å². The van der Waals surface area contributed by atoms with E-state index >= 15 is 0 Å². The first-order valence-electron chi connectivity index (χ1n) is 15.9. The van der Waals surface area contributed by atoms with E-state index in [0.29, 0.717) is 29.5 Å². The van der Waals surface area contributed by atoms with Crippen LogP contribution in [-0.2, 0) is 15.7 Å². The zero-order chi connectivity index (χ0) is 32.5. The van der Waals surface area contributed by atoms with Gasteiger partial charge in [0.15, 0.2) is 17.2 Å². The molecule has 4 aromatic rings. The number of methoxy groups -OCH3 is 1. The maximum atomic E-state index is 13.1. The van der Waals surface area contributed by atoms with Crippen LogP contribution in [0.3, 0.4) is 0 Å². The fraction of sp³-hybridized carbons (Fsp3) is 0.472. The van der Waals surface area contributed by atoms with Crippen molar-refractivity contribution in [2.45, 2.75) is 89.7 Å². The minimum absolute atomic E-state index is 0.0368. The summed E-state index contributed by atoms with van der Waals surface area (Å²) in [5, 5.41) is 11.9. The number of fused-ring (bicyclic) bond motifs is 2. The lowest BCUT2D eigenvalue weighted by atomic mass is 9.79. The van der Waals surface area contributed by atoms with Crippen molar-refractivity contribution in [3.05, 3.63) is 77.2 Å². The van der Waals surface area contributed by atoms with Gasteiger partial charge < -0.3 is 20.5 Å². The highest BCUT2D eigenvalue weighted by Gasteiger charge is 2.31. The van der Waals surface area contributed by atoms with Gasteiger partial charge in [-0.15, -0.1) is 10.2 Å².